The highest BCUT2D eigenvalue weighted by Crippen LogP contribution is 2.19. The molecule has 0 radical (unpaired) electrons. The van der Waals surface area contributed by atoms with Crippen LogP contribution in [-0.2, 0) is 19.0 Å². The van der Waals surface area contributed by atoms with Gasteiger partial charge in [0.1, 0.15) is 0 Å². The molecule has 0 aromatic carbocycles. The SMILES string of the molecule is COC(=O)CC1COC2CNCC2O1. The number of rotatable bonds is 2. The molecule has 1 N–H and O–H groups in total. The molecule has 0 amide bonds. The lowest BCUT2D eigenvalue weighted by atomic mass is 10.2. The van der Waals surface area contributed by atoms with Crippen molar-refractivity contribution in [3.05, 3.63) is 0 Å². The summed E-state index contributed by atoms with van der Waals surface area (Å²) in [6.45, 7) is 2.13. The summed E-state index contributed by atoms with van der Waals surface area (Å²) in [6.07, 6.45) is 0.380. The molecule has 0 spiro atoms. The van der Waals surface area contributed by atoms with E-state index in [0.29, 0.717) is 6.61 Å². The highest BCUT2D eigenvalue weighted by atomic mass is 16.6. The molecule has 0 saturated carbocycles. The van der Waals surface area contributed by atoms with Crippen LogP contribution in [-0.4, -0.2) is 51.1 Å². The van der Waals surface area contributed by atoms with Gasteiger partial charge in [0.25, 0.3) is 0 Å². The highest BCUT2D eigenvalue weighted by molar-refractivity contribution is 5.69. The van der Waals surface area contributed by atoms with E-state index in [1.165, 1.54) is 7.11 Å². The normalized spacial score (nSPS) is 36.5. The molecule has 2 aliphatic rings. The molecule has 3 unspecified atom stereocenters. The number of methoxy groups -OCH3 is 1. The fourth-order valence-corrected chi connectivity index (χ4v) is 1.83. The third kappa shape index (κ3) is 2.05. The van der Waals surface area contributed by atoms with Crippen LogP contribution in [0.3, 0.4) is 0 Å². The number of hydrogen-bond acceptors (Lipinski definition) is 5. The predicted molar refractivity (Wildman–Crippen MR) is 47.9 cm³/mol. The van der Waals surface area contributed by atoms with Crippen molar-refractivity contribution in [2.45, 2.75) is 24.7 Å². The van der Waals surface area contributed by atoms with Gasteiger partial charge in [-0.05, 0) is 0 Å². The van der Waals surface area contributed by atoms with Gasteiger partial charge < -0.3 is 19.5 Å². The van der Waals surface area contributed by atoms with Crippen LogP contribution in [0.5, 0.6) is 0 Å². The van der Waals surface area contributed by atoms with E-state index < -0.39 is 0 Å². The summed E-state index contributed by atoms with van der Waals surface area (Å²) >= 11 is 0. The second-order valence-corrected chi connectivity index (χ2v) is 3.61. The van der Waals surface area contributed by atoms with Gasteiger partial charge in [-0.3, -0.25) is 4.79 Å². The van der Waals surface area contributed by atoms with Crippen molar-refractivity contribution in [3.63, 3.8) is 0 Å². The van der Waals surface area contributed by atoms with Gasteiger partial charge >= 0.3 is 5.97 Å². The minimum Gasteiger partial charge on any atom is -0.469 e. The maximum atomic E-state index is 11.0. The maximum absolute atomic E-state index is 11.0. The quantitative estimate of drug-likeness (QED) is 0.599. The number of hydrogen-bond donors (Lipinski definition) is 1. The first-order chi connectivity index (χ1) is 6.79. The third-order valence-corrected chi connectivity index (χ3v) is 2.59. The standard InChI is InChI=1S/C9H15NO4/c1-12-9(11)2-6-5-13-7-3-10-4-8(7)14-6/h6-8,10H,2-5H2,1H3. The molecule has 5 heteroatoms. The van der Waals surface area contributed by atoms with E-state index in [-0.39, 0.29) is 30.7 Å². The molecule has 0 aliphatic carbocycles. The average molecular weight is 201 g/mol. The summed E-state index contributed by atoms with van der Waals surface area (Å²) < 4.78 is 15.8. The van der Waals surface area contributed by atoms with E-state index >= 15 is 0 Å². The molecule has 2 aliphatic heterocycles. The lowest BCUT2D eigenvalue weighted by molar-refractivity contribution is -0.173. The largest absolute Gasteiger partial charge is 0.469 e. The van der Waals surface area contributed by atoms with Crippen LogP contribution in [0, 0.1) is 0 Å². The van der Waals surface area contributed by atoms with Gasteiger partial charge in [0.05, 0.1) is 38.4 Å². The number of carbonyl (C=O) groups is 1. The highest BCUT2D eigenvalue weighted by Gasteiger charge is 2.36. The third-order valence-electron chi connectivity index (χ3n) is 2.59. The molecule has 0 aromatic rings. The Kier molecular flexibility index (Phi) is 3.00. The Bertz CT molecular complexity index is 221. The van der Waals surface area contributed by atoms with E-state index in [1.807, 2.05) is 0 Å². The van der Waals surface area contributed by atoms with Crippen molar-refractivity contribution in [2.75, 3.05) is 26.8 Å². The number of esters is 1. The van der Waals surface area contributed by atoms with Gasteiger partial charge in [0, 0.05) is 13.1 Å². The number of fused-ring (bicyclic) bond motifs is 1. The monoisotopic (exact) mass is 201 g/mol. The van der Waals surface area contributed by atoms with Crippen LogP contribution in [0.4, 0.5) is 0 Å². The fraction of sp³-hybridized carbons (Fsp3) is 0.889. The lowest BCUT2D eigenvalue weighted by Gasteiger charge is -2.31. The molecule has 0 bridgehead atoms. The van der Waals surface area contributed by atoms with Crippen LogP contribution in [0.25, 0.3) is 0 Å². The predicted octanol–water partition coefficient (Wildman–Crippen LogP) is -0.695. The molecule has 3 atom stereocenters. The van der Waals surface area contributed by atoms with Gasteiger partial charge in [0.2, 0.25) is 0 Å². The first-order valence-corrected chi connectivity index (χ1v) is 4.84. The Morgan fingerprint density at radius 2 is 2.29 bits per heavy atom. The van der Waals surface area contributed by atoms with E-state index in [9.17, 15) is 4.79 Å². The minimum absolute atomic E-state index is 0.0957. The first-order valence-electron chi connectivity index (χ1n) is 4.84. The molecule has 2 heterocycles. The van der Waals surface area contributed by atoms with E-state index in [0.717, 1.165) is 13.1 Å². The Morgan fingerprint density at radius 3 is 3.07 bits per heavy atom. The summed E-state index contributed by atoms with van der Waals surface area (Å²) in [5.41, 5.74) is 0. The Morgan fingerprint density at radius 1 is 1.50 bits per heavy atom. The Balaban J connectivity index is 1.82. The molecule has 5 nitrogen and oxygen atoms in total. The van der Waals surface area contributed by atoms with Gasteiger partial charge in [-0.2, -0.15) is 0 Å². The zero-order valence-corrected chi connectivity index (χ0v) is 8.19. The Hall–Kier alpha value is -0.650. The summed E-state index contributed by atoms with van der Waals surface area (Å²) in [7, 11) is 1.38. The lowest BCUT2D eigenvalue weighted by Crippen LogP contribution is -2.43. The van der Waals surface area contributed by atoms with Crippen molar-refractivity contribution in [3.8, 4) is 0 Å². The second kappa shape index (κ2) is 4.25. The molecule has 2 rings (SSSR count). The second-order valence-electron chi connectivity index (χ2n) is 3.61. The smallest absolute Gasteiger partial charge is 0.308 e. The Labute approximate surface area is 82.7 Å². The van der Waals surface area contributed by atoms with Gasteiger partial charge in [-0.15, -0.1) is 0 Å². The van der Waals surface area contributed by atoms with Crippen LogP contribution in [0.1, 0.15) is 6.42 Å². The molecule has 14 heavy (non-hydrogen) atoms. The molecule has 2 fully saturated rings. The first kappa shape index (κ1) is 9.89. The maximum Gasteiger partial charge on any atom is 0.308 e. The average Bonchev–Trinajstić information content (AvgIpc) is 2.64. The minimum atomic E-state index is -0.247. The van der Waals surface area contributed by atoms with Crippen molar-refractivity contribution < 1.29 is 19.0 Å². The summed E-state index contributed by atoms with van der Waals surface area (Å²) in [6, 6.07) is 0. The van der Waals surface area contributed by atoms with Crippen molar-refractivity contribution in [1.29, 1.82) is 0 Å². The van der Waals surface area contributed by atoms with Crippen LogP contribution in [0.2, 0.25) is 0 Å². The summed E-state index contributed by atoms with van der Waals surface area (Å²) in [5, 5.41) is 3.19. The molecular weight excluding hydrogens is 186 g/mol. The van der Waals surface area contributed by atoms with Gasteiger partial charge in [0.15, 0.2) is 0 Å². The number of ether oxygens (including phenoxy) is 3. The summed E-state index contributed by atoms with van der Waals surface area (Å²) in [4.78, 5) is 11.0. The molecule has 80 valence electrons. The zero-order chi connectivity index (χ0) is 9.97. The summed E-state index contributed by atoms with van der Waals surface area (Å²) in [5.74, 6) is -0.247. The fourth-order valence-electron chi connectivity index (χ4n) is 1.83. The molecular formula is C9H15NO4. The topological polar surface area (TPSA) is 56.8 Å². The van der Waals surface area contributed by atoms with Crippen molar-refractivity contribution in [2.24, 2.45) is 0 Å². The zero-order valence-electron chi connectivity index (χ0n) is 8.19. The van der Waals surface area contributed by atoms with Crippen molar-refractivity contribution >= 4 is 5.97 Å². The van der Waals surface area contributed by atoms with Crippen molar-refractivity contribution in [1.82, 2.24) is 5.32 Å². The van der Waals surface area contributed by atoms with Gasteiger partial charge in [-0.1, -0.05) is 0 Å². The van der Waals surface area contributed by atoms with E-state index in [2.05, 4.69) is 10.1 Å². The number of nitrogens with one attached hydrogen (secondary N) is 1. The number of carbonyl (C=O) groups excluding carboxylic acids is 1. The molecule has 2 saturated heterocycles. The van der Waals surface area contributed by atoms with Crippen LogP contribution in [0.15, 0.2) is 0 Å². The van der Waals surface area contributed by atoms with Crippen LogP contribution >= 0.6 is 0 Å². The van der Waals surface area contributed by atoms with Gasteiger partial charge in [-0.25, -0.2) is 0 Å². The van der Waals surface area contributed by atoms with E-state index in [4.69, 9.17) is 9.47 Å². The van der Waals surface area contributed by atoms with E-state index in [1.54, 1.807) is 0 Å². The van der Waals surface area contributed by atoms with Crippen LogP contribution < -0.4 is 5.32 Å². The molecule has 0 aromatic heterocycles.